The van der Waals surface area contributed by atoms with Crippen LogP contribution in [-0.2, 0) is 5.88 Å². The molecule has 1 heterocycles. The number of nitrogens with zero attached hydrogens (tertiary/aromatic N) is 2. The molecule has 2 unspecified atom stereocenters. The van der Waals surface area contributed by atoms with E-state index in [-0.39, 0.29) is 0 Å². The lowest BCUT2D eigenvalue weighted by Crippen LogP contribution is -2.24. The van der Waals surface area contributed by atoms with Gasteiger partial charge in [0.1, 0.15) is 5.82 Å². The van der Waals surface area contributed by atoms with Crippen LogP contribution in [0, 0.1) is 5.92 Å². The summed E-state index contributed by atoms with van der Waals surface area (Å²) in [6.07, 6.45) is 6.50. The fourth-order valence-electron chi connectivity index (χ4n) is 3.58. The SMILES string of the molecule is CCC1CCCCC1n1c(CCl)nc2ccc(Br)cc21. The quantitative estimate of drug-likeness (QED) is 0.648. The fourth-order valence-corrected chi connectivity index (χ4v) is 4.12. The molecule has 1 aliphatic rings. The first-order valence-corrected chi connectivity index (χ1v) is 8.79. The average Bonchev–Trinajstić information content (AvgIpc) is 2.84. The maximum Gasteiger partial charge on any atom is 0.125 e. The number of fused-ring (bicyclic) bond motifs is 1. The first-order chi connectivity index (χ1) is 9.74. The summed E-state index contributed by atoms with van der Waals surface area (Å²) in [6, 6.07) is 6.87. The summed E-state index contributed by atoms with van der Waals surface area (Å²) in [6.45, 7) is 2.30. The molecule has 0 bridgehead atoms. The summed E-state index contributed by atoms with van der Waals surface area (Å²) in [4.78, 5) is 4.73. The standard InChI is InChI=1S/C16H20BrClN2/c1-2-11-5-3-4-6-14(11)20-15-9-12(17)7-8-13(15)19-16(20)10-18/h7-9,11,14H,2-6,10H2,1H3. The van der Waals surface area contributed by atoms with E-state index in [1.165, 1.54) is 37.6 Å². The van der Waals surface area contributed by atoms with Gasteiger partial charge in [-0.05, 0) is 37.0 Å². The molecule has 108 valence electrons. The van der Waals surface area contributed by atoms with Crippen molar-refractivity contribution >= 4 is 38.6 Å². The largest absolute Gasteiger partial charge is 0.324 e. The third kappa shape index (κ3) is 2.50. The average molecular weight is 356 g/mol. The first kappa shape index (κ1) is 14.4. The molecule has 2 aromatic rings. The Morgan fingerprint density at radius 1 is 1.35 bits per heavy atom. The van der Waals surface area contributed by atoms with Gasteiger partial charge in [-0.25, -0.2) is 4.98 Å². The summed E-state index contributed by atoms with van der Waals surface area (Å²) in [5.41, 5.74) is 2.28. The maximum absolute atomic E-state index is 6.16. The van der Waals surface area contributed by atoms with Gasteiger partial charge in [0.2, 0.25) is 0 Å². The summed E-state index contributed by atoms with van der Waals surface area (Å²) < 4.78 is 3.52. The molecule has 0 radical (unpaired) electrons. The van der Waals surface area contributed by atoms with Crippen LogP contribution in [0.15, 0.2) is 22.7 Å². The van der Waals surface area contributed by atoms with E-state index in [2.05, 4.69) is 45.6 Å². The molecule has 0 N–H and O–H groups in total. The molecule has 1 aliphatic carbocycles. The van der Waals surface area contributed by atoms with E-state index in [1.54, 1.807) is 0 Å². The van der Waals surface area contributed by atoms with E-state index in [0.717, 1.165) is 21.7 Å². The number of benzene rings is 1. The molecular formula is C16H20BrClN2. The molecule has 1 fully saturated rings. The zero-order valence-corrected chi connectivity index (χ0v) is 14.1. The molecule has 0 aliphatic heterocycles. The normalized spacial score (nSPS) is 23.4. The third-order valence-electron chi connectivity index (χ3n) is 4.57. The molecule has 1 saturated carbocycles. The minimum Gasteiger partial charge on any atom is -0.324 e. The van der Waals surface area contributed by atoms with Crippen molar-refractivity contribution in [2.24, 2.45) is 5.92 Å². The number of alkyl halides is 1. The van der Waals surface area contributed by atoms with Crippen molar-refractivity contribution in [2.45, 2.75) is 50.9 Å². The van der Waals surface area contributed by atoms with Crippen molar-refractivity contribution in [1.29, 1.82) is 0 Å². The number of hydrogen-bond donors (Lipinski definition) is 0. The molecule has 4 heteroatoms. The fraction of sp³-hybridized carbons (Fsp3) is 0.562. The molecule has 2 nitrogen and oxygen atoms in total. The molecule has 3 rings (SSSR count). The van der Waals surface area contributed by atoms with Gasteiger partial charge < -0.3 is 4.57 Å². The molecule has 1 aromatic carbocycles. The molecule has 1 aromatic heterocycles. The van der Waals surface area contributed by atoms with Crippen molar-refractivity contribution in [2.75, 3.05) is 0 Å². The van der Waals surface area contributed by atoms with E-state index in [1.807, 2.05) is 0 Å². The zero-order chi connectivity index (χ0) is 14.1. The number of halogens is 2. The van der Waals surface area contributed by atoms with Gasteiger partial charge in [-0.1, -0.05) is 42.1 Å². The molecule has 0 amide bonds. The number of imidazole rings is 1. The lowest BCUT2D eigenvalue weighted by Gasteiger charge is -2.33. The second kappa shape index (κ2) is 6.07. The van der Waals surface area contributed by atoms with Gasteiger partial charge in [0.15, 0.2) is 0 Å². The highest BCUT2D eigenvalue weighted by atomic mass is 79.9. The summed E-state index contributed by atoms with van der Waals surface area (Å²) >= 11 is 9.74. The van der Waals surface area contributed by atoms with Gasteiger partial charge in [0, 0.05) is 10.5 Å². The Kier molecular flexibility index (Phi) is 4.37. The van der Waals surface area contributed by atoms with E-state index in [0.29, 0.717) is 11.9 Å². The predicted octanol–water partition coefficient (Wildman–Crippen LogP) is 5.68. The van der Waals surface area contributed by atoms with Crippen LogP contribution in [0.1, 0.15) is 50.9 Å². The van der Waals surface area contributed by atoms with Gasteiger partial charge in [0.05, 0.1) is 16.9 Å². The monoisotopic (exact) mass is 354 g/mol. The maximum atomic E-state index is 6.16. The minimum absolute atomic E-state index is 0.485. The number of hydrogen-bond acceptors (Lipinski definition) is 1. The van der Waals surface area contributed by atoms with Crippen LogP contribution >= 0.6 is 27.5 Å². The lowest BCUT2D eigenvalue weighted by atomic mass is 9.82. The number of aromatic nitrogens is 2. The highest BCUT2D eigenvalue weighted by molar-refractivity contribution is 9.10. The molecule has 0 saturated heterocycles. The number of rotatable bonds is 3. The first-order valence-electron chi connectivity index (χ1n) is 7.47. The predicted molar refractivity (Wildman–Crippen MR) is 88.3 cm³/mol. The van der Waals surface area contributed by atoms with E-state index < -0.39 is 0 Å². The highest BCUT2D eigenvalue weighted by Crippen LogP contribution is 2.39. The van der Waals surface area contributed by atoms with E-state index in [4.69, 9.17) is 16.6 Å². The van der Waals surface area contributed by atoms with Gasteiger partial charge >= 0.3 is 0 Å². The molecule has 0 spiro atoms. The Hall–Kier alpha value is -0.540. The second-order valence-corrected chi connectivity index (χ2v) is 6.87. The van der Waals surface area contributed by atoms with Gasteiger partial charge in [-0.15, -0.1) is 11.6 Å². The molecular weight excluding hydrogens is 336 g/mol. The Bertz CT molecular complexity index is 608. The molecule has 20 heavy (non-hydrogen) atoms. The summed E-state index contributed by atoms with van der Waals surface area (Å²) in [5.74, 6) is 2.26. The van der Waals surface area contributed by atoms with Crippen molar-refractivity contribution in [3.05, 3.63) is 28.5 Å². The zero-order valence-electron chi connectivity index (χ0n) is 11.8. The van der Waals surface area contributed by atoms with Crippen molar-refractivity contribution in [3.63, 3.8) is 0 Å². The van der Waals surface area contributed by atoms with Crippen molar-refractivity contribution in [3.8, 4) is 0 Å². The summed E-state index contributed by atoms with van der Waals surface area (Å²) in [5, 5.41) is 0. The van der Waals surface area contributed by atoms with E-state index in [9.17, 15) is 0 Å². The van der Waals surface area contributed by atoms with Crippen LogP contribution < -0.4 is 0 Å². The van der Waals surface area contributed by atoms with Gasteiger partial charge in [-0.3, -0.25) is 0 Å². The highest BCUT2D eigenvalue weighted by Gasteiger charge is 2.28. The van der Waals surface area contributed by atoms with Crippen LogP contribution in [0.5, 0.6) is 0 Å². The Balaban J connectivity index is 2.14. The van der Waals surface area contributed by atoms with Crippen molar-refractivity contribution < 1.29 is 0 Å². The Morgan fingerprint density at radius 2 is 2.15 bits per heavy atom. The lowest BCUT2D eigenvalue weighted by molar-refractivity contribution is 0.234. The van der Waals surface area contributed by atoms with Crippen LogP contribution in [0.3, 0.4) is 0 Å². The summed E-state index contributed by atoms with van der Waals surface area (Å²) in [7, 11) is 0. The topological polar surface area (TPSA) is 17.8 Å². The van der Waals surface area contributed by atoms with Crippen LogP contribution in [0.2, 0.25) is 0 Å². The minimum atomic E-state index is 0.485. The second-order valence-electron chi connectivity index (χ2n) is 5.68. The van der Waals surface area contributed by atoms with Crippen molar-refractivity contribution in [1.82, 2.24) is 9.55 Å². The van der Waals surface area contributed by atoms with E-state index >= 15 is 0 Å². The Morgan fingerprint density at radius 3 is 2.90 bits per heavy atom. The van der Waals surface area contributed by atoms with Crippen LogP contribution in [0.25, 0.3) is 11.0 Å². The molecule has 2 atom stereocenters. The van der Waals surface area contributed by atoms with Gasteiger partial charge in [0.25, 0.3) is 0 Å². The van der Waals surface area contributed by atoms with Gasteiger partial charge in [-0.2, -0.15) is 0 Å². The smallest absolute Gasteiger partial charge is 0.125 e. The Labute approximate surface area is 133 Å². The van der Waals surface area contributed by atoms with Crippen LogP contribution in [-0.4, -0.2) is 9.55 Å². The third-order valence-corrected chi connectivity index (χ3v) is 5.30. The van der Waals surface area contributed by atoms with Crippen LogP contribution in [0.4, 0.5) is 0 Å².